The van der Waals surface area contributed by atoms with Crippen molar-refractivity contribution in [3.63, 3.8) is 0 Å². The second kappa shape index (κ2) is 5.71. The Labute approximate surface area is 123 Å². The number of piperidine rings is 1. The van der Waals surface area contributed by atoms with Crippen molar-refractivity contribution in [1.29, 1.82) is 0 Å². The second-order valence-corrected chi connectivity index (χ2v) is 5.40. The summed E-state index contributed by atoms with van der Waals surface area (Å²) < 4.78 is 4.89. The Morgan fingerprint density at radius 3 is 3.14 bits per heavy atom. The highest BCUT2D eigenvalue weighted by atomic mass is 16.5. The van der Waals surface area contributed by atoms with Gasteiger partial charge in [-0.2, -0.15) is 0 Å². The van der Waals surface area contributed by atoms with Crippen LogP contribution in [0.25, 0.3) is 11.0 Å². The Morgan fingerprint density at radius 2 is 2.38 bits per heavy atom. The van der Waals surface area contributed by atoms with E-state index in [1.807, 2.05) is 6.20 Å². The number of hydrogen-bond acceptors (Lipinski definition) is 5. The number of rotatable bonds is 3. The summed E-state index contributed by atoms with van der Waals surface area (Å²) in [5.41, 5.74) is 2.07. The topological polar surface area (TPSA) is 71.1 Å². The summed E-state index contributed by atoms with van der Waals surface area (Å²) in [6, 6.07) is 0. The van der Waals surface area contributed by atoms with Gasteiger partial charge in [0.15, 0.2) is 0 Å². The zero-order valence-corrected chi connectivity index (χ0v) is 12.4. The molecule has 2 aromatic heterocycles. The molecule has 2 aromatic rings. The maximum atomic E-state index is 11.8. The van der Waals surface area contributed by atoms with Gasteiger partial charge >= 0.3 is 5.97 Å². The van der Waals surface area contributed by atoms with Gasteiger partial charge in [0.2, 0.25) is 0 Å². The number of anilines is 1. The molecule has 3 heterocycles. The van der Waals surface area contributed by atoms with Crippen LogP contribution in [0, 0.1) is 5.92 Å². The molecule has 6 heteroatoms. The molecule has 1 atom stereocenters. The molecule has 0 amide bonds. The van der Waals surface area contributed by atoms with Crippen LogP contribution in [0.2, 0.25) is 0 Å². The Kier molecular flexibility index (Phi) is 3.77. The summed E-state index contributed by atoms with van der Waals surface area (Å²) in [7, 11) is 1.45. The monoisotopic (exact) mass is 288 g/mol. The van der Waals surface area contributed by atoms with Crippen LogP contribution < -0.4 is 4.90 Å². The predicted octanol–water partition coefficient (Wildman–Crippen LogP) is 1.91. The van der Waals surface area contributed by atoms with Crippen molar-refractivity contribution in [3.05, 3.63) is 18.1 Å². The predicted molar refractivity (Wildman–Crippen MR) is 80.2 cm³/mol. The van der Waals surface area contributed by atoms with E-state index in [1.165, 1.54) is 12.7 Å². The number of hydrogen-bond donors (Lipinski definition) is 1. The number of carbonyl (C=O) groups excluding carboxylic acids is 1. The van der Waals surface area contributed by atoms with Gasteiger partial charge in [0, 0.05) is 19.3 Å². The molecular weight excluding hydrogens is 268 g/mol. The molecule has 0 aromatic carbocycles. The first-order chi connectivity index (χ1) is 10.2. The average Bonchev–Trinajstić information content (AvgIpc) is 2.97. The highest BCUT2D eigenvalue weighted by Crippen LogP contribution is 2.30. The quantitative estimate of drug-likeness (QED) is 0.874. The normalized spacial score (nSPS) is 19.0. The first-order valence-corrected chi connectivity index (χ1v) is 7.38. The van der Waals surface area contributed by atoms with Gasteiger partial charge in [-0.15, -0.1) is 0 Å². The van der Waals surface area contributed by atoms with Crippen LogP contribution in [0.1, 0.15) is 25.3 Å². The van der Waals surface area contributed by atoms with Crippen LogP contribution in [0.4, 0.5) is 5.82 Å². The van der Waals surface area contributed by atoms with Gasteiger partial charge in [-0.25, -0.2) is 9.97 Å². The molecule has 112 valence electrons. The molecule has 1 N–H and O–H groups in total. The number of esters is 1. The van der Waals surface area contributed by atoms with E-state index in [0.717, 1.165) is 42.7 Å². The van der Waals surface area contributed by atoms with E-state index in [2.05, 4.69) is 26.8 Å². The molecule has 3 rings (SSSR count). The van der Waals surface area contributed by atoms with Crippen molar-refractivity contribution in [2.45, 2.75) is 26.2 Å². The third kappa shape index (κ3) is 2.46. The van der Waals surface area contributed by atoms with Gasteiger partial charge in [0.05, 0.1) is 18.4 Å². The third-order valence-electron chi connectivity index (χ3n) is 4.17. The number of methoxy groups -OCH3 is 1. The summed E-state index contributed by atoms with van der Waals surface area (Å²) in [5, 5.41) is 1.07. The molecule has 21 heavy (non-hydrogen) atoms. The minimum absolute atomic E-state index is 0.0715. The number of carbonyl (C=O) groups is 1. The summed E-state index contributed by atoms with van der Waals surface area (Å²) in [4.78, 5) is 25.9. The number of aryl methyl sites for hydroxylation is 1. The minimum atomic E-state index is -0.130. The largest absolute Gasteiger partial charge is 0.469 e. The number of ether oxygens (including phenoxy) is 1. The van der Waals surface area contributed by atoms with Gasteiger partial charge < -0.3 is 14.6 Å². The van der Waals surface area contributed by atoms with Crippen molar-refractivity contribution >= 4 is 22.8 Å². The molecular formula is C15H20N4O2. The van der Waals surface area contributed by atoms with Gasteiger partial charge in [-0.05, 0) is 24.8 Å². The van der Waals surface area contributed by atoms with Crippen molar-refractivity contribution in [1.82, 2.24) is 15.0 Å². The molecule has 1 fully saturated rings. The summed E-state index contributed by atoms with van der Waals surface area (Å²) in [5.74, 6) is 0.722. The SMILES string of the molecule is CCc1c[nH]c2ncnc(N3CCC[C@H](C(=O)OC)C3)c12. The Morgan fingerprint density at radius 1 is 1.52 bits per heavy atom. The van der Waals surface area contributed by atoms with E-state index >= 15 is 0 Å². The second-order valence-electron chi connectivity index (χ2n) is 5.40. The first-order valence-electron chi connectivity index (χ1n) is 7.38. The average molecular weight is 288 g/mol. The lowest BCUT2D eigenvalue weighted by Crippen LogP contribution is -2.39. The van der Waals surface area contributed by atoms with Crippen molar-refractivity contribution in [2.24, 2.45) is 5.92 Å². The Bertz CT molecular complexity index is 652. The van der Waals surface area contributed by atoms with Gasteiger partial charge in [-0.3, -0.25) is 4.79 Å². The van der Waals surface area contributed by atoms with E-state index < -0.39 is 0 Å². The van der Waals surface area contributed by atoms with Crippen LogP contribution in [0.15, 0.2) is 12.5 Å². The van der Waals surface area contributed by atoms with E-state index in [1.54, 1.807) is 6.33 Å². The van der Waals surface area contributed by atoms with Crippen LogP contribution in [-0.2, 0) is 16.0 Å². The van der Waals surface area contributed by atoms with E-state index in [0.29, 0.717) is 6.54 Å². The molecule has 1 saturated heterocycles. The maximum Gasteiger partial charge on any atom is 0.310 e. The van der Waals surface area contributed by atoms with Crippen molar-refractivity contribution in [3.8, 4) is 0 Å². The molecule has 1 aliphatic heterocycles. The number of H-pyrrole nitrogens is 1. The fraction of sp³-hybridized carbons (Fsp3) is 0.533. The first kappa shape index (κ1) is 13.9. The highest BCUT2D eigenvalue weighted by molar-refractivity contribution is 5.91. The summed E-state index contributed by atoms with van der Waals surface area (Å²) in [6.07, 6.45) is 6.34. The Hall–Kier alpha value is -2.11. The van der Waals surface area contributed by atoms with Crippen LogP contribution in [0.5, 0.6) is 0 Å². The van der Waals surface area contributed by atoms with Crippen molar-refractivity contribution < 1.29 is 9.53 Å². The zero-order chi connectivity index (χ0) is 14.8. The minimum Gasteiger partial charge on any atom is -0.469 e. The number of nitrogens with one attached hydrogen (secondary N) is 1. The molecule has 0 spiro atoms. The summed E-state index contributed by atoms with van der Waals surface area (Å²) >= 11 is 0. The maximum absolute atomic E-state index is 11.8. The smallest absolute Gasteiger partial charge is 0.310 e. The summed E-state index contributed by atoms with van der Waals surface area (Å²) in [6.45, 7) is 3.69. The van der Waals surface area contributed by atoms with Crippen LogP contribution >= 0.6 is 0 Å². The number of aromatic nitrogens is 3. The molecule has 0 saturated carbocycles. The molecule has 1 aliphatic rings. The van der Waals surface area contributed by atoms with Crippen LogP contribution in [-0.4, -0.2) is 41.1 Å². The van der Waals surface area contributed by atoms with Gasteiger partial charge in [0.25, 0.3) is 0 Å². The van der Waals surface area contributed by atoms with Gasteiger partial charge in [0.1, 0.15) is 17.8 Å². The third-order valence-corrected chi connectivity index (χ3v) is 4.17. The molecule has 6 nitrogen and oxygen atoms in total. The number of fused-ring (bicyclic) bond motifs is 1. The van der Waals surface area contributed by atoms with E-state index in [9.17, 15) is 4.79 Å². The number of nitrogens with zero attached hydrogens (tertiary/aromatic N) is 3. The molecule has 0 aliphatic carbocycles. The fourth-order valence-corrected chi connectivity index (χ4v) is 3.06. The molecule has 0 radical (unpaired) electrons. The number of aromatic amines is 1. The lowest BCUT2D eigenvalue weighted by Gasteiger charge is -2.32. The highest BCUT2D eigenvalue weighted by Gasteiger charge is 2.28. The van der Waals surface area contributed by atoms with Crippen molar-refractivity contribution in [2.75, 3.05) is 25.1 Å². The lowest BCUT2D eigenvalue weighted by atomic mass is 9.98. The Balaban J connectivity index is 1.96. The standard InChI is InChI=1S/C15H20N4O2/c1-3-10-7-16-13-12(10)14(18-9-17-13)19-6-4-5-11(8-19)15(20)21-2/h7,9,11H,3-6,8H2,1-2H3,(H,16,17,18)/t11-/m0/s1. The van der Waals surface area contributed by atoms with E-state index in [4.69, 9.17) is 4.74 Å². The fourth-order valence-electron chi connectivity index (χ4n) is 3.06. The van der Waals surface area contributed by atoms with Gasteiger partial charge in [-0.1, -0.05) is 6.92 Å². The van der Waals surface area contributed by atoms with Crippen LogP contribution in [0.3, 0.4) is 0 Å². The molecule has 0 unspecified atom stereocenters. The zero-order valence-electron chi connectivity index (χ0n) is 12.4. The molecule has 0 bridgehead atoms. The van der Waals surface area contributed by atoms with E-state index in [-0.39, 0.29) is 11.9 Å². The lowest BCUT2D eigenvalue weighted by molar-refractivity contribution is -0.145.